The minimum atomic E-state index is 0.518. The number of hydrogen-bond acceptors (Lipinski definition) is 3. The van der Waals surface area contributed by atoms with Crippen LogP contribution in [0.15, 0.2) is 18.6 Å². The summed E-state index contributed by atoms with van der Waals surface area (Å²) in [5.74, 6) is 0. The van der Waals surface area contributed by atoms with Gasteiger partial charge in [-0.05, 0) is 39.2 Å². The Morgan fingerprint density at radius 3 is 2.67 bits per heavy atom. The zero-order valence-corrected chi connectivity index (χ0v) is 15.0. The molecule has 5 nitrogen and oxygen atoms in total. The van der Waals surface area contributed by atoms with Crippen molar-refractivity contribution in [3.05, 3.63) is 35.7 Å². The molecule has 1 saturated heterocycles. The average Bonchev–Trinajstić information content (AvgIpc) is 3.29. The fraction of sp³-hybridized carbons (Fsp3) is 0.684. The number of aromatic nitrogens is 4. The smallest absolute Gasteiger partial charge is 0.0951 e. The Morgan fingerprint density at radius 1 is 1.08 bits per heavy atom. The van der Waals surface area contributed by atoms with Crippen molar-refractivity contribution in [2.45, 2.75) is 71.0 Å². The van der Waals surface area contributed by atoms with Gasteiger partial charge in [0, 0.05) is 37.6 Å². The van der Waals surface area contributed by atoms with E-state index < -0.39 is 0 Å². The molecule has 1 atom stereocenters. The highest BCUT2D eigenvalue weighted by Gasteiger charge is 2.27. The summed E-state index contributed by atoms with van der Waals surface area (Å²) in [6, 6.07) is 3.37. The normalized spacial score (nSPS) is 23.2. The van der Waals surface area contributed by atoms with E-state index in [2.05, 4.69) is 56.7 Å². The molecule has 0 spiro atoms. The van der Waals surface area contributed by atoms with Gasteiger partial charge in [0.1, 0.15) is 0 Å². The zero-order valence-electron chi connectivity index (χ0n) is 15.0. The topological polar surface area (TPSA) is 38.9 Å². The number of likely N-dealkylation sites (tertiary alicyclic amines) is 1. The van der Waals surface area contributed by atoms with Crippen molar-refractivity contribution in [2.24, 2.45) is 0 Å². The lowest BCUT2D eigenvalue weighted by molar-refractivity contribution is 0.286. The molecular formula is C19H29N5. The Bertz CT molecular complexity index is 680. The van der Waals surface area contributed by atoms with E-state index in [1.165, 1.54) is 49.9 Å². The number of nitrogens with zero attached hydrogens (tertiary/aromatic N) is 5. The van der Waals surface area contributed by atoms with E-state index in [4.69, 9.17) is 0 Å². The molecule has 2 aromatic heterocycles. The first kappa shape index (κ1) is 15.9. The molecule has 0 N–H and O–H groups in total. The fourth-order valence-electron chi connectivity index (χ4n) is 4.54. The van der Waals surface area contributed by atoms with Gasteiger partial charge in [0.05, 0.1) is 23.8 Å². The van der Waals surface area contributed by atoms with Gasteiger partial charge in [-0.15, -0.1) is 0 Å². The molecule has 1 saturated carbocycles. The van der Waals surface area contributed by atoms with Crippen LogP contribution in [0.3, 0.4) is 0 Å². The molecule has 5 heteroatoms. The van der Waals surface area contributed by atoms with Gasteiger partial charge < -0.3 is 4.57 Å². The average molecular weight is 327 g/mol. The summed E-state index contributed by atoms with van der Waals surface area (Å²) in [7, 11) is 0. The van der Waals surface area contributed by atoms with Gasteiger partial charge in [0.2, 0.25) is 0 Å². The van der Waals surface area contributed by atoms with E-state index in [0.717, 1.165) is 25.3 Å². The molecule has 2 aromatic rings. The molecule has 1 aliphatic heterocycles. The van der Waals surface area contributed by atoms with E-state index in [1.54, 1.807) is 0 Å². The van der Waals surface area contributed by atoms with Crippen LogP contribution in [0.4, 0.5) is 0 Å². The largest absolute Gasteiger partial charge is 0.330 e. The van der Waals surface area contributed by atoms with Crippen molar-refractivity contribution < 1.29 is 0 Å². The Labute approximate surface area is 144 Å². The van der Waals surface area contributed by atoms with Crippen LogP contribution in [0.25, 0.3) is 0 Å². The molecule has 2 fully saturated rings. The summed E-state index contributed by atoms with van der Waals surface area (Å²) in [6.07, 6.45) is 12.1. The summed E-state index contributed by atoms with van der Waals surface area (Å²) in [6.45, 7) is 7.52. The first-order chi connectivity index (χ1) is 11.7. The van der Waals surface area contributed by atoms with Gasteiger partial charge in [-0.2, -0.15) is 5.10 Å². The van der Waals surface area contributed by atoms with Crippen LogP contribution < -0.4 is 0 Å². The first-order valence-corrected chi connectivity index (χ1v) is 9.46. The second kappa shape index (κ2) is 6.71. The van der Waals surface area contributed by atoms with Crippen molar-refractivity contribution in [1.29, 1.82) is 0 Å². The third-order valence-corrected chi connectivity index (χ3v) is 5.74. The SMILES string of the molecule is Cc1cc(C)n(C2CCN(Cc3cncn3C3CCCCC3)C2)n1. The summed E-state index contributed by atoms with van der Waals surface area (Å²) in [5, 5.41) is 4.69. The highest BCUT2D eigenvalue weighted by Crippen LogP contribution is 2.30. The second-order valence-electron chi connectivity index (χ2n) is 7.63. The standard InChI is InChI=1S/C19H29N5/c1-15-10-16(2)24(21-15)18-8-9-22(12-18)13-19-11-20-14-23(19)17-6-4-3-5-7-17/h10-11,14,17-18H,3-9,12-13H2,1-2H3. The lowest BCUT2D eigenvalue weighted by Crippen LogP contribution is -2.24. The summed E-state index contributed by atoms with van der Waals surface area (Å²) >= 11 is 0. The van der Waals surface area contributed by atoms with Gasteiger partial charge >= 0.3 is 0 Å². The van der Waals surface area contributed by atoms with Crippen molar-refractivity contribution in [3.8, 4) is 0 Å². The van der Waals surface area contributed by atoms with Crippen LogP contribution in [0.5, 0.6) is 0 Å². The number of aryl methyl sites for hydroxylation is 2. The highest BCUT2D eigenvalue weighted by molar-refractivity contribution is 5.09. The van der Waals surface area contributed by atoms with Crippen LogP contribution >= 0.6 is 0 Å². The molecule has 0 bridgehead atoms. The van der Waals surface area contributed by atoms with E-state index in [0.29, 0.717) is 12.1 Å². The maximum Gasteiger partial charge on any atom is 0.0951 e. The van der Waals surface area contributed by atoms with Crippen molar-refractivity contribution in [3.63, 3.8) is 0 Å². The van der Waals surface area contributed by atoms with Crippen LogP contribution in [-0.4, -0.2) is 37.3 Å². The molecular weight excluding hydrogens is 298 g/mol. The zero-order chi connectivity index (χ0) is 16.5. The lowest BCUT2D eigenvalue weighted by Gasteiger charge is -2.26. The third kappa shape index (κ3) is 3.14. The Morgan fingerprint density at radius 2 is 1.92 bits per heavy atom. The Balaban J connectivity index is 1.42. The predicted octanol–water partition coefficient (Wildman–Crippen LogP) is 3.65. The van der Waals surface area contributed by atoms with E-state index in [1.807, 2.05) is 0 Å². The van der Waals surface area contributed by atoms with Gasteiger partial charge in [0.25, 0.3) is 0 Å². The molecule has 4 rings (SSSR count). The quantitative estimate of drug-likeness (QED) is 0.860. The van der Waals surface area contributed by atoms with E-state index in [9.17, 15) is 0 Å². The van der Waals surface area contributed by atoms with E-state index >= 15 is 0 Å². The molecule has 0 aromatic carbocycles. The number of imidazole rings is 1. The first-order valence-electron chi connectivity index (χ1n) is 9.46. The maximum atomic E-state index is 4.69. The minimum absolute atomic E-state index is 0.518. The summed E-state index contributed by atoms with van der Waals surface area (Å²) in [4.78, 5) is 7.02. The van der Waals surface area contributed by atoms with E-state index in [-0.39, 0.29) is 0 Å². The van der Waals surface area contributed by atoms with Crippen molar-refractivity contribution >= 4 is 0 Å². The van der Waals surface area contributed by atoms with Gasteiger partial charge in [-0.1, -0.05) is 19.3 Å². The molecule has 1 unspecified atom stereocenters. The second-order valence-corrected chi connectivity index (χ2v) is 7.63. The van der Waals surface area contributed by atoms with Crippen LogP contribution in [0, 0.1) is 13.8 Å². The maximum absolute atomic E-state index is 4.69. The van der Waals surface area contributed by atoms with Crippen molar-refractivity contribution in [1.82, 2.24) is 24.2 Å². The van der Waals surface area contributed by atoms with Gasteiger partial charge in [-0.25, -0.2) is 4.98 Å². The Kier molecular flexibility index (Phi) is 4.44. The predicted molar refractivity (Wildman–Crippen MR) is 95.0 cm³/mol. The summed E-state index contributed by atoms with van der Waals surface area (Å²) < 4.78 is 4.68. The molecule has 1 aliphatic carbocycles. The van der Waals surface area contributed by atoms with Crippen LogP contribution in [0.2, 0.25) is 0 Å². The Hall–Kier alpha value is -1.62. The third-order valence-electron chi connectivity index (χ3n) is 5.74. The minimum Gasteiger partial charge on any atom is -0.330 e. The lowest BCUT2D eigenvalue weighted by atomic mass is 9.95. The molecule has 24 heavy (non-hydrogen) atoms. The van der Waals surface area contributed by atoms with Crippen LogP contribution in [0.1, 0.15) is 67.7 Å². The summed E-state index contributed by atoms with van der Waals surface area (Å²) in [5.41, 5.74) is 3.80. The molecule has 130 valence electrons. The van der Waals surface area contributed by atoms with Gasteiger partial charge in [0.15, 0.2) is 0 Å². The molecule has 2 aliphatic rings. The van der Waals surface area contributed by atoms with Crippen LogP contribution in [-0.2, 0) is 6.54 Å². The van der Waals surface area contributed by atoms with Crippen molar-refractivity contribution in [2.75, 3.05) is 13.1 Å². The highest BCUT2D eigenvalue weighted by atomic mass is 15.3. The monoisotopic (exact) mass is 327 g/mol. The molecule has 0 radical (unpaired) electrons. The number of rotatable bonds is 4. The number of hydrogen-bond donors (Lipinski definition) is 0. The molecule has 0 amide bonds. The van der Waals surface area contributed by atoms with Gasteiger partial charge in [-0.3, -0.25) is 9.58 Å². The fourth-order valence-corrected chi connectivity index (χ4v) is 4.54. The molecule has 3 heterocycles.